The van der Waals surface area contributed by atoms with Gasteiger partial charge in [0, 0.05) is 13.1 Å². The van der Waals surface area contributed by atoms with Gasteiger partial charge in [0.05, 0.1) is 12.5 Å². The van der Waals surface area contributed by atoms with E-state index in [1.54, 1.807) is 20.0 Å². The summed E-state index contributed by atoms with van der Waals surface area (Å²) in [4.78, 5) is 25.9. The number of likely N-dealkylation sites (N-methyl/N-ethyl adjacent to an activating group) is 1. The number of anilines is 1. The molecule has 0 fully saturated rings. The Labute approximate surface area is 139 Å². The van der Waals surface area contributed by atoms with Crippen molar-refractivity contribution < 1.29 is 18.8 Å². The molecule has 1 aliphatic heterocycles. The minimum absolute atomic E-state index is 0.0527. The van der Waals surface area contributed by atoms with Crippen LogP contribution in [0.5, 0.6) is 5.75 Å². The number of benzene rings is 1. The van der Waals surface area contributed by atoms with Crippen molar-refractivity contribution in [1.29, 1.82) is 0 Å². The number of carbonyl (C=O) groups is 2. The average molecular weight is 329 g/mol. The van der Waals surface area contributed by atoms with Crippen molar-refractivity contribution in [1.82, 2.24) is 10.1 Å². The largest absolute Gasteiger partial charge is 0.492 e. The second kappa shape index (κ2) is 6.74. The fraction of sp³-hybridized carbons (Fsp3) is 0.353. The Morgan fingerprint density at radius 2 is 2.17 bits per heavy atom. The number of rotatable bonds is 4. The summed E-state index contributed by atoms with van der Waals surface area (Å²) >= 11 is 0. The number of nitrogens with one attached hydrogen (secondary N) is 1. The lowest BCUT2D eigenvalue weighted by atomic mass is 9.95. The molecule has 24 heavy (non-hydrogen) atoms. The number of para-hydroxylation sites is 1. The molecule has 1 aromatic heterocycles. The van der Waals surface area contributed by atoms with Gasteiger partial charge in [-0.05, 0) is 25.0 Å². The van der Waals surface area contributed by atoms with E-state index in [-0.39, 0.29) is 24.3 Å². The van der Waals surface area contributed by atoms with Gasteiger partial charge >= 0.3 is 0 Å². The van der Waals surface area contributed by atoms with Gasteiger partial charge in [-0.2, -0.15) is 0 Å². The zero-order chi connectivity index (χ0) is 17.1. The van der Waals surface area contributed by atoms with Gasteiger partial charge in [0.1, 0.15) is 18.1 Å². The Hall–Kier alpha value is -2.83. The number of fused-ring (bicyclic) bond motifs is 1. The minimum Gasteiger partial charge on any atom is -0.492 e. The van der Waals surface area contributed by atoms with E-state index >= 15 is 0 Å². The predicted octanol–water partition coefficient (Wildman–Crippen LogP) is 1.63. The van der Waals surface area contributed by atoms with E-state index < -0.39 is 0 Å². The van der Waals surface area contributed by atoms with Crippen molar-refractivity contribution in [3.8, 4) is 5.75 Å². The Balaban J connectivity index is 1.56. The summed E-state index contributed by atoms with van der Waals surface area (Å²) in [6.45, 7) is 2.01. The zero-order valence-corrected chi connectivity index (χ0v) is 13.6. The van der Waals surface area contributed by atoms with Crippen LogP contribution in [0.25, 0.3) is 0 Å². The van der Waals surface area contributed by atoms with E-state index in [4.69, 9.17) is 9.26 Å². The molecule has 1 atom stereocenters. The normalized spacial score (nSPS) is 16.0. The molecule has 0 aliphatic carbocycles. The molecule has 2 heterocycles. The van der Waals surface area contributed by atoms with Gasteiger partial charge in [-0.25, -0.2) is 0 Å². The van der Waals surface area contributed by atoms with Crippen molar-refractivity contribution in [2.24, 2.45) is 5.92 Å². The number of hydrogen-bond donors (Lipinski definition) is 1. The topological polar surface area (TPSA) is 84.7 Å². The molecular formula is C17H19N3O4. The van der Waals surface area contributed by atoms with Crippen LogP contribution in [0, 0.1) is 12.8 Å². The highest BCUT2D eigenvalue weighted by atomic mass is 16.5. The van der Waals surface area contributed by atoms with Crippen molar-refractivity contribution in [2.75, 3.05) is 25.5 Å². The molecule has 2 aromatic rings. The van der Waals surface area contributed by atoms with Crippen LogP contribution < -0.4 is 10.1 Å². The number of aryl methyl sites for hydroxylation is 1. The molecule has 7 heteroatoms. The lowest BCUT2D eigenvalue weighted by Crippen LogP contribution is -2.42. The molecule has 1 aliphatic rings. The van der Waals surface area contributed by atoms with Crippen LogP contribution in [0.15, 0.2) is 34.9 Å². The zero-order valence-electron chi connectivity index (χ0n) is 13.6. The van der Waals surface area contributed by atoms with Crippen molar-refractivity contribution in [3.63, 3.8) is 0 Å². The maximum Gasteiger partial charge on any atom is 0.245 e. The van der Waals surface area contributed by atoms with Gasteiger partial charge in [-0.1, -0.05) is 23.4 Å². The Morgan fingerprint density at radius 1 is 1.38 bits per heavy atom. The molecule has 1 unspecified atom stereocenters. The van der Waals surface area contributed by atoms with Crippen molar-refractivity contribution >= 4 is 17.6 Å². The third-order valence-electron chi connectivity index (χ3n) is 3.88. The highest BCUT2D eigenvalue weighted by molar-refractivity contribution is 5.94. The average Bonchev–Trinajstić information content (AvgIpc) is 2.98. The van der Waals surface area contributed by atoms with Crippen LogP contribution >= 0.6 is 0 Å². The minimum atomic E-state index is -0.323. The second-order valence-corrected chi connectivity index (χ2v) is 5.89. The van der Waals surface area contributed by atoms with Crippen LogP contribution in [-0.2, 0) is 16.0 Å². The van der Waals surface area contributed by atoms with Crippen LogP contribution in [0.2, 0.25) is 0 Å². The quantitative estimate of drug-likeness (QED) is 0.921. The van der Waals surface area contributed by atoms with Crippen LogP contribution in [-0.4, -0.2) is 42.1 Å². The Morgan fingerprint density at radius 3 is 2.92 bits per heavy atom. The highest BCUT2D eigenvalue weighted by Gasteiger charge is 2.28. The third kappa shape index (κ3) is 3.56. The fourth-order valence-electron chi connectivity index (χ4n) is 2.70. The number of carbonyl (C=O) groups excluding carboxylic acids is 2. The number of aromatic nitrogens is 1. The van der Waals surface area contributed by atoms with E-state index in [1.165, 1.54) is 4.90 Å². The first-order chi connectivity index (χ1) is 11.5. The first kappa shape index (κ1) is 16.0. The summed E-state index contributed by atoms with van der Waals surface area (Å²) in [5, 5.41) is 6.29. The lowest BCUT2D eigenvalue weighted by molar-refractivity contribution is -0.138. The molecule has 7 nitrogen and oxygen atoms in total. The fourth-order valence-corrected chi connectivity index (χ4v) is 2.70. The molecule has 0 bridgehead atoms. The van der Waals surface area contributed by atoms with Gasteiger partial charge in [-0.3, -0.25) is 9.59 Å². The second-order valence-electron chi connectivity index (χ2n) is 5.89. The monoisotopic (exact) mass is 329 g/mol. The SMILES string of the molecule is Cc1cc(NC(=O)CN(C)C(=O)C2COc3ccccc3C2)no1. The van der Waals surface area contributed by atoms with E-state index in [1.807, 2.05) is 24.3 Å². The van der Waals surface area contributed by atoms with Gasteiger partial charge in [0.25, 0.3) is 0 Å². The van der Waals surface area contributed by atoms with E-state index in [2.05, 4.69) is 10.5 Å². The number of hydrogen-bond acceptors (Lipinski definition) is 5. The number of ether oxygens (including phenoxy) is 1. The van der Waals surface area contributed by atoms with Crippen molar-refractivity contribution in [3.05, 3.63) is 41.7 Å². The molecule has 0 spiro atoms. The van der Waals surface area contributed by atoms with Gasteiger partial charge in [0.15, 0.2) is 5.82 Å². The molecule has 1 aromatic carbocycles. The Bertz CT molecular complexity index is 756. The molecule has 0 saturated carbocycles. The highest BCUT2D eigenvalue weighted by Crippen LogP contribution is 2.27. The molecule has 0 radical (unpaired) electrons. The number of amides is 2. The van der Waals surface area contributed by atoms with E-state index in [0.717, 1.165) is 11.3 Å². The van der Waals surface area contributed by atoms with Crippen LogP contribution in [0.4, 0.5) is 5.82 Å². The summed E-state index contributed by atoms with van der Waals surface area (Å²) in [6, 6.07) is 9.29. The van der Waals surface area contributed by atoms with Gasteiger partial charge in [-0.15, -0.1) is 0 Å². The summed E-state index contributed by atoms with van der Waals surface area (Å²) in [5.74, 6) is 1.05. The lowest BCUT2D eigenvalue weighted by Gasteiger charge is -2.27. The van der Waals surface area contributed by atoms with Crippen molar-refractivity contribution in [2.45, 2.75) is 13.3 Å². The smallest absolute Gasteiger partial charge is 0.245 e. The first-order valence-corrected chi connectivity index (χ1v) is 7.72. The Kier molecular flexibility index (Phi) is 4.50. The summed E-state index contributed by atoms with van der Waals surface area (Å²) < 4.78 is 10.5. The van der Waals surface area contributed by atoms with E-state index in [0.29, 0.717) is 24.6 Å². The standard InChI is InChI=1S/C17H19N3O4/c1-11-7-15(19-24-11)18-16(21)9-20(2)17(22)13-8-12-5-3-4-6-14(12)23-10-13/h3-7,13H,8-10H2,1-2H3,(H,18,19,21). The van der Waals surface area contributed by atoms with E-state index in [9.17, 15) is 9.59 Å². The maximum atomic E-state index is 12.5. The van der Waals surface area contributed by atoms with Crippen LogP contribution in [0.3, 0.4) is 0 Å². The summed E-state index contributed by atoms with van der Waals surface area (Å²) in [6.07, 6.45) is 0.615. The molecule has 3 rings (SSSR count). The molecule has 0 saturated heterocycles. The predicted molar refractivity (Wildman–Crippen MR) is 86.6 cm³/mol. The third-order valence-corrected chi connectivity index (χ3v) is 3.88. The summed E-state index contributed by atoms with van der Waals surface area (Å²) in [5.41, 5.74) is 1.01. The number of nitrogens with zero attached hydrogens (tertiary/aromatic N) is 2. The van der Waals surface area contributed by atoms with Gasteiger partial charge < -0.3 is 19.5 Å². The molecule has 1 N–H and O–H groups in total. The summed E-state index contributed by atoms with van der Waals surface area (Å²) in [7, 11) is 1.61. The first-order valence-electron chi connectivity index (χ1n) is 7.72. The van der Waals surface area contributed by atoms with Crippen LogP contribution in [0.1, 0.15) is 11.3 Å². The molecule has 2 amide bonds. The molecular weight excluding hydrogens is 310 g/mol. The maximum absolute atomic E-state index is 12.5. The molecule has 126 valence electrons. The van der Waals surface area contributed by atoms with Gasteiger partial charge in [0.2, 0.25) is 11.8 Å².